The smallest absolute Gasteiger partial charge is 0.245 e. The number of sulfonamides is 1. The van der Waals surface area contributed by atoms with Gasteiger partial charge in [-0.05, 0) is 34.5 Å². The SMILES string of the molecule is Cc1cccnc1CNS(=O)(=O)c1cc(CO)oc1Br. The average molecular weight is 361 g/mol. The average Bonchev–Trinajstić information content (AvgIpc) is 2.80. The summed E-state index contributed by atoms with van der Waals surface area (Å²) in [4.78, 5) is 4.07. The van der Waals surface area contributed by atoms with Crippen LogP contribution in [0, 0.1) is 6.92 Å². The second-order valence-electron chi connectivity index (χ2n) is 4.10. The van der Waals surface area contributed by atoms with E-state index in [9.17, 15) is 8.42 Å². The van der Waals surface area contributed by atoms with Gasteiger partial charge in [-0.3, -0.25) is 4.98 Å². The van der Waals surface area contributed by atoms with Crippen LogP contribution in [0.1, 0.15) is 17.0 Å². The Morgan fingerprint density at radius 2 is 2.25 bits per heavy atom. The molecule has 0 aliphatic rings. The van der Waals surface area contributed by atoms with Crippen LogP contribution >= 0.6 is 15.9 Å². The number of rotatable bonds is 5. The number of hydrogen-bond acceptors (Lipinski definition) is 5. The molecule has 2 aromatic rings. The van der Waals surface area contributed by atoms with Crippen molar-refractivity contribution in [2.75, 3.05) is 0 Å². The van der Waals surface area contributed by atoms with Crippen molar-refractivity contribution in [1.29, 1.82) is 0 Å². The first kappa shape index (κ1) is 15.2. The number of aliphatic hydroxyl groups is 1. The first-order chi connectivity index (χ1) is 9.44. The topological polar surface area (TPSA) is 92.4 Å². The Balaban J connectivity index is 2.19. The van der Waals surface area contributed by atoms with Crippen molar-refractivity contribution in [3.8, 4) is 0 Å². The lowest BCUT2D eigenvalue weighted by Gasteiger charge is -2.06. The number of nitrogens with one attached hydrogen (secondary N) is 1. The van der Waals surface area contributed by atoms with E-state index in [0.29, 0.717) is 5.69 Å². The van der Waals surface area contributed by atoms with Crippen LogP contribution in [-0.2, 0) is 23.2 Å². The van der Waals surface area contributed by atoms with E-state index < -0.39 is 10.0 Å². The van der Waals surface area contributed by atoms with Crippen LogP contribution in [0.15, 0.2) is 38.4 Å². The third-order valence-corrected chi connectivity index (χ3v) is 4.96. The summed E-state index contributed by atoms with van der Waals surface area (Å²) in [6, 6.07) is 4.92. The number of aliphatic hydroxyl groups excluding tert-OH is 1. The summed E-state index contributed by atoms with van der Waals surface area (Å²) in [6.07, 6.45) is 1.61. The van der Waals surface area contributed by atoms with Crippen LogP contribution in [-0.4, -0.2) is 18.5 Å². The van der Waals surface area contributed by atoms with Crippen LogP contribution in [0.25, 0.3) is 0 Å². The van der Waals surface area contributed by atoms with Crippen LogP contribution in [0.4, 0.5) is 0 Å². The number of furan rings is 1. The molecule has 0 aliphatic carbocycles. The molecule has 20 heavy (non-hydrogen) atoms. The molecule has 0 aromatic carbocycles. The minimum absolute atomic E-state index is 0.0462. The summed E-state index contributed by atoms with van der Waals surface area (Å²) in [7, 11) is -3.74. The maximum atomic E-state index is 12.2. The normalized spacial score (nSPS) is 11.8. The van der Waals surface area contributed by atoms with Gasteiger partial charge in [0, 0.05) is 12.3 Å². The lowest BCUT2D eigenvalue weighted by molar-refractivity contribution is 0.245. The van der Waals surface area contributed by atoms with Crippen molar-refractivity contribution < 1.29 is 17.9 Å². The summed E-state index contributed by atoms with van der Waals surface area (Å²) in [5, 5.41) is 8.95. The molecule has 0 radical (unpaired) electrons. The van der Waals surface area contributed by atoms with Gasteiger partial charge in [0.25, 0.3) is 0 Å². The van der Waals surface area contributed by atoms with E-state index in [1.165, 1.54) is 6.07 Å². The highest BCUT2D eigenvalue weighted by atomic mass is 79.9. The zero-order valence-corrected chi connectivity index (χ0v) is 13.0. The minimum atomic E-state index is -3.74. The summed E-state index contributed by atoms with van der Waals surface area (Å²) < 4.78 is 31.9. The molecule has 108 valence electrons. The molecule has 0 atom stereocenters. The largest absolute Gasteiger partial charge is 0.450 e. The monoisotopic (exact) mass is 360 g/mol. The van der Waals surface area contributed by atoms with E-state index in [4.69, 9.17) is 9.52 Å². The Morgan fingerprint density at radius 3 is 2.85 bits per heavy atom. The molecule has 0 saturated carbocycles. The number of halogens is 1. The van der Waals surface area contributed by atoms with Gasteiger partial charge in [-0.25, -0.2) is 13.1 Å². The predicted octanol–water partition coefficient (Wildman–Crippen LogP) is 1.72. The second-order valence-corrected chi connectivity index (χ2v) is 6.56. The predicted molar refractivity (Wildman–Crippen MR) is 75.3 cm³/mol. The second kappa shape index (κ2) is 6.04. The highest BCUT2D eigenvalue weighted by molar-refractivity contribution is 9.10. The van der Waals surface area contributed by atoms with Gasteiger partial charge in [0.2, 0.25) is 10.0 Å². The van der Waals surface area contributed by atoms with Crippen LogP contribution in [0.5, 0.6) is 0 Å². The van der Waals surface area contributed by atoms with Crippen LogP contribution in [0.2, 0.25) is 0 Å². The molecule has 0 spiro atoms. The van der Waals surface area contributed by atoms with Crippen molar-refractivity contribution in [2.45, 2.75) is 25.0 Å². The van der Waals surface area contributed by atoms with Gasteiger partial charge in [0.1, 0.15) is 17.3 Å². The highest BCUT2D eigenvalue weighted by Crippen LogP contribution is 2.26. The zero-order valence-electron chi connectivity index (χ0n) is 10.6. The van der Waals surface area contributed by atoms with E-state index in [2.05, 4.69) is 25.6 Å². The fourth-order valence-electron chi connectivity index (χ4n) is 1.60. The summed E-state index contributed by atoms with van der Waals surface area (Å²) >= 11 is 3.02. The molecule has 0 amide bonds. The third-order valence-electron chi connectivity index (χ3n) is 2.70. The maximum absolute atomic E-state index is 12.2. The van der Waals surface area contributed by atoms with Gasteiger partial charge in [-0.15, -0.1) is 0 Å². The molecule has 0 aliphatic heterocycles. The van der Waals surface area contributed by atoms with Crippen LogP contribution in [0.3, 0.4) is 0 Å². The van der Waals surface area contributed by atoms with E-state index in [1.807, 2.05) is 13.0 Å². The highest BCUT2D eigenvalue weighted by Gasteiger charge is 2.22. The summed E-state index contributed by atoms with van der Waals surface area (Å²) in [5.74, 6) is 0.172. The molecule has 0 fully saturated rings. The van der Waals surface area contributed by atoms with Crippen LogP contribution < -0.4 is 4.72 Å². The maximum Gasteiger partial charge on any atom is 0.245 e. The number of aromatic nitrogens is 1. The molecule has 6 nitrogen and oxygen atoms in total. The molecule has 0 bridgehead atoms. The number of pyridine rings is 1. The Morgan fingerprint density at radius 1 is 1.50 bits per heavy atom. The van der Waals surface area contributed by atoms with E-state index in [-0.39, 0.29) is 28.5 Å². The van der Waals surface area contributed by atoms with Gasteiger partial charge in [-0.1, -0.05) is 6.07 Å². The lowest BCUT2D eigenvalue weighted by atomic mass is 10.2. The van der Waals surface area contributed by atoms with Gasteiger partial charge in [0.05, 0.1) is 12.2 Å². The zero-order chi connectivity index (χ0) is 14.8. The third kappa shape index (κ3) is 3.26. The number of nitrogens with zero attached hydrogens (tertiary/aromatic N) is 1. The molecule has 2 N–H and O–H groups in total. The lowest BCUT2D eigenvalue weighted by Crippen LogP contribution is -2.24. The van der Waals surface area contributed by atoms with Crippen molar-refractivity contribution >= 4 is 26.0 Å². The summed E-state index contributed by atoms with van der Waals surface area (Å²) in [6.45, 7) is 1.57. The molecule has 0 unspecified atom stereocenters. The fraction of sp³-hybridized carbons (Fsp3) is 0.250. The molecule has 0 saturated heterocycles. The molecule has 2 aromatic heterocycles. The first-order valence-corrected chi connectivity index (χ1v) is 8.01. The number of hydrogen-bond donors (Lipinski definition) is 2. The van der Waals surface area contributed by atoms with Crippen molar-refractivity contribution in [2.24, 2.45) is 0 Å². The molecule has 8 heteroatoms. The van der Waals surface area contributed by atoms with E-state index >= 15 is 0 Å². The molecule has 2 heterocycles. The first-order valence-electron chi connectivity index (χ1n) is 5.73. The molecular weight excluding hydrogens is 348 g/mol. The van der Waals surface area contributed by atoms with Crippen molar-refractivity contribution in [3.63, 3.8) is 0 Å². The Bertz CT molecular complexity index is 712. The van der Waals surface area contributed by atoms with Crippen molar-refractivity contribution in [3.05, 3.63) is 46.1 Å². The van der Waals surface area contributed by atoms with Gasteiger partial charge < -0.3 is 9.52 Å². The van der Waals surface area contributed by atoms with Gasteiger partial charge in [0.15, 0.2) is 4.67 Å². The van der Waals surface area contributed by atoms with Gasteiger partial charge in [-0.2, -0.15) is 0 Å². The number of aryl methyl sites for hydroxylation is 1. The van der Waals surface area contributed by atoms with Gasteiger partial charge >= 0.3 is 0 Å². The minimum Gasteiger partial charge on any atom is -0.450 e. The van der Waals surface area contributed by atoms with Crippen molar-refractivity contribution in [1.82, 2.24) is 9.71 Å². The quantitative estimate of drug-likeness (QED) is 0.846. The fourth-order valence-corrected chi connectivity index (χ4v) is 3.59. The Kier molecular flexibility index (Phi) is 4.59. The van der Waals surface area contributed by atoms with E-state index in [1.54, 1.807) is 12.3 Å². The molecule has 2 rings (SSSR count). The molecular formula is C12H13BrN2O4S. The summed E-state index contributed by atoms with van der Waals surface area (Å²) in [5.41, 5.74) is 1.55. The standard InChI is InChI=1S/C12H13BrN2O4S/c1-8-3-2-4-14-10(8)6-15-20(17,18)11-5-9(7-16)19-12(11)13/h2-5,15-16H,6-7H2,1H3. The Hall–Kier alpha value is -1.22. The Labute approximate surface area is 125 Å². The van der Waals surface area contributed by atoms with E-state index in [0.717, 1.165) is 5.56 Å².